The summed E-state index contributed by atoms with van der Waals surface area (Å²) < 4.78 is 35.0. The van der Waals surface area contributed by atoms with Gasteiger partial charge in [0.25, 0.3) is 5.91 Å². The van der Waals surface area contributed by atoms with Crippen LogP contribution in [0.3, 0.4) is 0 Å². The molecule has 8 heteroatoms. The summed E-state index contributed by atoms with van der Waals surface area (Å²) in [6, 6.07) is 7.47. The van der Waals surface area contributed by atoms with Crippen LogP contribution in [-0.2, 0) is 19.6 Å². The SMILES string of the molecule is CCOc1ccc(N2C(=O)CC(N(C(C)(C)C)S(=O)(=O)c3c(C)c(C)cc(C)c3C)C2=O)cc1. The normalized spacial score (nSPS) is 17.1. The minimum atomic E-state index is -4.11. The van der Waals surface area contributed by atoms with Gasteiger partial charge in [-0.25, -0.2) is 13.3 Å². The third kappa shape index (κ3) is 4.49. The van der Waals surface area contributed by atoms with Crippen molar-refractivity contribution >= 4 is 27.5 Å². The topological polar surface area (TPSA) is 84.0 Å². The fraction of sp³-hybridized carbons (Fsp3) is 0.462. The van der Waals surface area contributed by atoms with Gasteiger partial charge in [0.2, 0.25) is 15.9 Å². The van der Waals surface area contributed by atoms with Gasteiger partial charge in [-0.3, -0.25) is 9.59 Å². The van der Waals surface area contributed by atoms with Crippen LogP contribution in [-0.4, -0.2) is 42.7 Å². The number of ether oxygens (including phenoxy) is 1. The van der Waals surface area contributed by atoms with Gasteiger partial charge in [0, 0.05) is 5.54 Å². The molecule has 3 rings (SSSR count). The zero-order chi connectivity index (χ0) is 25.6. The Morgan fingerprint density at radius 2 is 1.53 bits per heavy atom. The molecule has 2 aromatic rings. The first-order chi connectivity index (χ1) is 15.7. The highest BCUT2D eigenvalue weighted by atomic mass is 32.2. The molecule has 2 amide bonds. The number of rotatable bonds is 6. The molecule has 1 aliphatic heterocycles. The standard InChI is InChI=1S/C26H34N2O5S/c1-9-33-21-12-10-20(11-13-21)27-23(29)15-22(25(27)30)28(26(6,7)8)34(31,32)24-18(4)16(2)14-17(3)19(24)5/h10-14,22H,9,15H2,1-8H3. The van der Waals surface area contributed by atoms with E-state index in [0.29, 0.717) is 29.2 Å². The fourth-order valence-corrected chi connectivity index (χ4v) is 7.10. The van der Waals surface area contributed by atoms with Crippen LogP contribution in [0, 0.1) is 27.7 Å². The van der Waals surface area contributed by atoms with Crippen molar-refractivity contribution in [3.8, 4) is 5.75 Å². The van der Waals surface area contributed by atoms with E-state index >= 15 is 0 Å². The molecule has 7 nitrogen and oxygen atoms in total. The summed E-state index contributed by atoms with van der Waals surface area (Å²) in [4.78, 5) is 27.8. The Balaban J connectivity index is 2.10. The van der Waals surface area contributed by atoms with Crippen molar-refractivity contribution in [3.05, 3.63) is 52.6 Å². The lowest BCUT2D eigenvalue weighted by Gasteiger charge is -2.38. The van der Waals surface area contributed by atoms with Gasteiger partial charge in [-0.15, -0.1) is 0 Å². The Hall–Kier alpha value is -2.71. The molecule has 1 atom stereocenters. The molecule has 34 heavy (non-hydrogen) atoms. The first-order valence-electron chi connectivity index (χ1n) is 11.4. The smallest absolute Gasteiger partial charge is 0.252 e. The number of anilines is 1. The van der Waals surface area contributed by atoms with Crippen LogP contribution in [0.5, 0.6) is 5.75 Å². The molecule has 184 valence electrons. The lowest BCUT2D eigenvalue weighted by atomic mass is 10.0. The van der Waals surface area contributed by atoms with E-state index in [0.717, 1.165) is 16.0 Å². The van der Waals surface area contributed by atoms with Crippen LogP contribution in [0.4, 0.5) is 5.69 Å². The maximum absolute atomic E-state index is 14.2. The van der Waals surface area contributed by atoms with E-state index < -0.39 is 33.4 Å². The van der Waals surface area contributed by atoms with E-state index in [1.165, 1.54) is 4.31 Å². The second-order valence-electron chi connectivity index (χ2n) is 9.78. The molecule has 1 heterocycles. The number of imide groups is 1. The number of nitrogens with zero attached hydrogens (tertiary/aromatic N) is 2. The average Bonchev–Trinajstić information content (AvgIpc) is 2.99. The van der Waals surface area contributed by atoms with Crippen molar-refractivity contribution in [1.82, 2.24) is 4.31 Å². The number of hydrogen-bond donors (Lipinski definition) is 0. The summed E-state index contributed by atoms with van der Waals surface area (Å²) in [6.45, 7) is 14.9. The van der Waals surface area contributed by atoms with Gasteiger partial charge in [0.05, 0.1) is 23.6 Å². The van der Waals surface area contributed by atoms with Crippen LogP contribution in [0.1, 0.15) is 56.4 Å². The van der Waals surface area contributed by atoms with Gasteiger partial charge in [-0.05, 0) is 102 Å². The average molecular weight is 487 g/mol. The van der Waals surface area contributed by atoms with Crippen molar-refractivity contribution in [2.45, 2.75) is 78.3 Å². The molecular formula is C26H34N2O5S. The number of sulfonamides is 1. The highest BCUT2D eigenvalue weighted by molar-refractivity contribution is 7.89. The number of carbonyl (C=O) groups excluding carboxylic acids is 2. The first kappa shape index (κ1) is 25.9. The molecule has 1 fully saturated rings. The summed E-state index contributed by atoms with van der Waals surface area (Å²) in [5.41, 5.74) is 2.48. The molecule has 1 aliphatic rings. The molecular weight excluding hydrogens is 452 g/mol. The van der Waals surface area contributed by atoms with Gasteiger partial charge in [-0.2, -0.15) is 4.31 Å². The summed E-state index contributed by atoms with van der Waals surface area (Å²) >= 11 is 0. The van der Waals surface area contributed by atoms with E-state index in [1.54, 1.807) is 58.9 Å². The van der Waals surface area contributed by atoms with Crippen LogP contribution in [0.15, 0.2) is 35.2 Å². The molecule has 0 bridgehead atoms. The van der Waals surface area contributed by atoms with Crippen LogP contribution < -0.4 is 9.64 Å². The predicted molar refractivity (Wildman–Crippen MR) is 133 cm³/mol. The quantitative estimate of drug-likeness (QED) is 0.564. The third-order valence-electron chi connectivity index (χ3n) is 6.29. The van der Waals surface area contributed by atoms with Gasteiger partial charge < -0.3 is 4.74 Å². The van der Waals surface area contributed by atoms with E-state index in [2.05, 4.69) is 0 Å². The van der Waals surface area contributed by atoms with Crippen LogP contribution in [0.2, 0.25) is 0 Å². The maximum Gasteiger partial charge on any atom is 0.252 e. The molecule has 0 aliphatic carbocycles. The monoisotopic (exact) mass is 486 g/mol. The second-order valence-corrected chi connectivity index (χ2v) is 11.5. The molecule has 0 spiro atoms. The number of benzene rings is 2. The van der Waals surface area contributed by atoms with Gasteiger partial charge >= 0.3 is 0 Å². The molecule has 0 N–H and O–H groups in total. The Morgan fingerprint density at radius 3 is 2.00 bits per heavy atom. The van der Waals surface area contributed by atoms with Gasteiger partial charge in [0.1, 0.15) is 11.8 Å². The fourth-order valence-electron chi connectivity index (χ4n) is 4.59. The Labute approximate surface area is 202 Å². The number of amides is 2. The largest absolute Gasteiger partial charge is 0.494 e. The van der Waals surface area contributed by atoms with Crippen molar-refractivity contribution < 1.29 is 22.7 Å². The first-order valence-corrected chi connectivity index (χ1v) is 12.9. The number of hydrogen-bond acceptors (Lipinski definition) is 5. The van der Waals surface area contributed by atoms with Gasteiger partial charge in [0.15, 0.2) is 0 Å². The molecule has 0 aromatic heterocycles. The Kier molecular flexibility index (Phi) is 6.97. The minimum absolute atomic E-state index is 0.208. The van der Waals surface area contributed by atoms with Crippen LogP contribution >= 0.6 is 0 Å². The van der Waals surface area contributed by atoms with Crippen molar-refractivity contribution in [1.29, 1.82) is 0 Å². The highest BCUT2D eigenvalue weighted by Crippen LogP contribution is 2.37. The second kappa shape index (κ2) is 9.15. The van der Waals surface area contributed by atoms with Crippen molar-refractivity contribution in [3.63, 3.8) is 0 Å². The van der Waals surface area contributed by atoms with Gasteiger partial charge in [-0.1, -0.05) is 6.07 Å². The van der Waals surface area contributed by atoms with Crippen LogP contribution in [0.25, 0.3) is 0 Å². The lowest BCUT2D eigenvalue weighted by Crippen LogP contribution is -2.54. The number of aryl methyl sites for hydroxylation is 2. The predicted octanol–water partition coefficient (Wildman–Crippen LogP) is 4.44. The van der Waals surface area contributed by atoms with Crippen molar-refractivity contribution in [2.75, 3.05) is 11.5 Å². The Bertz CT molecular complexity index is 1200. The molecule has 1 unspecified atom stereocenters. The minimum Gasteiger partial charge on any atom is -0.494 e. The van der Waals surface area contributed by atoms with Crippen molar-refractivity contribution in [2.24, 2.45) is 0 Å². The summed E-state index contributed by atoms with van der Waals surface area (Å²) in [7, 11) is -4.11. The van der Waals surface area contributed by atoms with E-state index in [9.17, 15) is 18.0 Å². The zero-order valence-corrected chi connectivity index (χ0v) is 22.0. The zero-order valence-electron chi connectivity index (χ0n) is 21.2. The lowest BCUT2D eigenvalue weighted by molar-refractivity contribution is -0.122. The summed E-state index contributed by atoms with van der Waals surface area (Å²) in [6.07, 6.45) is -0.217. The molecule has 0 saturated carbocycles. The van der Waals surface area contributed by atoms with E-state index in [4.69, 9.17) is 4.74 Å². The molecule has 1 saturated heterocycles. The summed E-state index contributed by atoms with van der Waals surface area (Å²) in [5, 5.41) is 0. The van der Waals surface area contributed by atoms with E-state index in [-0.39, 0.29) is 11.3 Å². The Morgan fingerprint density at radius 1 is 1.00 bits per heavy atom. The van der Waals surface area contributed by atoms with E-state index in [1.807, 2.05) is 26.8 Å². The highest BCUT2D eigenvalue weighted by Gasteiger charge is 2.51. The number of carbonyl (C=O) groups is 2. The maximum atomic E-state index is 14.2. The third-order valence-corrected chi connectivity index (χ3v) is 8.74. The molecule has 0 radical (unpaired) electrons. The summed E-state index contributed by atoms with van der Waals surface area (Å²) in [5.74, 6) is -0.355. The molecule has 2 aromatic carbocycles.